The molecular weight excluding hydrogens is 238 g/mol. The lowest BCUT2D eigenvalue weighted by Gasteiger charge is -2.27. The molecule has 0 spiro atoms. The van der Waals surface area contributed by atoms with Gasteiger partial charge in [-0.15, -0.1) is 0 Å². The lowest BCUT2D eigenvalue weighted by atomic mass is 9.87. The number of pyridine rings is 1. The predicted octanol–water partition coefficient (Wildman–Crippen LogP) is 2.82. The smallest absolute Gasteiger partial charge is 0.270 e. The molecule has 1 heterocycles. The standard InChI is InChI=1S/C15H23N3O/c1-3-16-13-7-8-14(17-10-13)15(19)18-12-6-4-5-11(2)9-12/h7-8,10-12,16H,3-6,9H2,1-2H3,(H,18,19). The number of amides is 1. The monoisotopic (exact) mass is 261 g/mol. The summed E-state index contributed by atoms with van der Waals surface area (Å²) >= 11 is 0. The van der Waals surface area contributed by atoms with Crippen LogP contribution >= 0.6 is 0 Å². The molecule has 2 unspecified atom stereocenters. The third-order valence-electron chi connectivity index (χ3n) is 3.65. The van der Waals surface area contributed by atoms with Crippen LogP contribution in [0.5, 0.6) is 0 Å². The number of nitrogens with zero attached hydrogens (tertiary/aromatic N) is 1. The fraction of sp³-hybridized carbons (Fsp3) is 0.600. The molecule has 1 amide bonds. The number of rotatable bonds is 4. The molecule has 4 nitrogen and oxygen atoms in total. The summed E-state index contributed by atoms with van der Waals surface area (Å²) < 4.78 is 0. The quantitative estimate of drug-likeness (QED) is 0.876. The number of aromatic nitrogens is 1. The van der Waals surface area contributed by atoms with E-state index < -0.39 is 0 Å². The summed E-state index contributed by atoms with van der Waals surface area (Å²) in [6, 6.07) is 3.99. The Kier molecular flexibility index (Phi) is 4.77. The van der Waals surface area contributed by atoms with Crippen LogP contribution in [0.3, 0.4) is 0 Å². The van der Waals surface area contributed by atoms with Gasteiger partial charge >= 0.3 is 0 Å². The predicted molar refractivity (Wildman–Crippen MR) is 77.3 cm³/mol. The van der Waals surface area contributed by atoms with E-state index in [1.807, 2.05) is 13.0 Å². The Labute approximate surface area is 115 Å². The van der Waals surface area contributed by atoms with Crippen LogP contribution in [-0.4, -0.2) is 23.5 Å². The second kappa shape index (κ2) is 6.55. The van der Waals surface area contributed by atoms with Gasteiger partial charge in [0.2, 0.25) is 0 Å². The fourth-order valence-electron chi connectivity index (χ4n) is 2.66. The molecule has 0 aromatic carbocycles. The lowest BCUT2D eigenvalue weighted by molar-refractivity contribution is 0.0916. The molecule has 0 aliphatic heterocycles. The Balaban J connectivity index is 1.91. The number of hydrogen-bond acceptors (Lipinski definition) is 3. The summed E-state index contributed by atoms with van der Waals surface area (Å²) in [5.41, 5.74) is 1.45. The number of nitrogens with one attached hydrogen (secondary N) is 2. The zero-order chi connectivity index (χ0) is 13.7. The summed E-state index contributed by atoms with van der Waals surface area (Å²) in [5, 5.41) is 6.26. The Morgan fingerprint density at radius 1 is 1.42 bits per heavy atom. The van der Waals surface area contributed by atoms with Crippen LogP contribution in [0.1, 0.15) is 50.0 Å². The zero-order valence-corrected chi connectivity index (χ0v) is 11.8. The van der Waals surface area contributed by atoms with Gasteiger partial charge < -0.3 is 10.6 Å². The Hall–Kier alpha value is -1.58. The van der Waals surface area contributed by atoms with Crippen LogP contribution in [0.2, 0.25) is 0 Å². The van der Waals surface area contributed by atoms with Crippen molar-refractivity contribution in [2.45, 2.75) is 45.6 Å². The first-order chi connectivity index (χ1) is 9.19. The summed E-state index contributed by atoms with van der Waals surface area (Å²) in [4.78, 5) is 16.3. The molecule has 1 saturated carbocycles. The van der Waals surface area contributed by atoms with Gasteiger partial charge in [0.05, 0.1) is 11.9 Å². The van der Waals surface area contributed by atoms with Gasteiger partial charge in [0.15, 0.2) is 0 Å². The lowest BCUT2D eigenvalue weighted by Crippen LogP contribution is -2.38. The maximum Gasteiger partial charge on any atom is 0.270 e. The highest BCUT2D eigenvalue weighted by Crippen LogP contribution is 2.23. The van der Waals surface area contributed by atoms with Gasteiger partial charge in [-0.05, 0) is 37.8 Å². The first kappa shape index (κ1) is 13.8. The third kappa shape index (κ3) is 3.94. The van der Waals surface area contributed by atoms with E-state index in [0.29, 0.717) is 17.7 Å². The number of hydrogen-bond donors (Lipinski definition) is 2. The molecule has 2 rings (SSSR count). The molecule has 2 N–H and O–H groups in total. The minimum absolute atomic E-state index is 0.0536. The van der Waals surface area contributed by atoms with E-state index in [2.05, 4.69) is 22.5 Å². The van der Waals surface area contributed by atoms with E-state index in [0.717, 1.165) is 25.1 Å². The molecule has 1 aliphatic carbocycles. The molecule has 4 heteroatoms. The van der Waals surface area contributed by atoms with Gasteiger partial charge in [-0.2, -0.15) is 0 Å². The van der Waals surface area contributed by atoms with Crippen molar-refractivity contribution in [3.8, 4) is 0 Å². The van der Waals surface area contributed by atoms with Crippen molar-refractivity contribution < 1.29 is 4.79 Å². The first-order valence-corrected chi connectivity index (χ1v) is 7.19. The second-order valence-corrected chi connectivity index (χ2v) is 5.40. The molecule has 19 heavy (non-hydrogen) atoms. The summed E-state index contributed by atoms with van der Waals surface area (Å²) in [6.45, 7) is 5.14. The Morgan fingerprint density at radius 3 is 2.89 bits per heavy atom. The van der Waals surface area contributed by atoms with Crippen molar-refractivity contribution in [3.63, 3.8) is 0 Å². The molecular formula is C15H23N3O. The summed E-state index contributed by atoms with van der Waals surface area (Å²) in [6.07, 6.45) is 6.37. The number of carbonyl (C=O) groups is 1. The minimum Gasteiger partial charge on any atom is -0.384 e. The van der Waals surface area contributed by atoms with Gasteiger partial charge in [0, 0.05) is 12.6 Å². The van der Waals surface area contributed by atoms with Crippen molar-refractivity contribution in [3.05, 3.63) is 24.0 Å². The number of anilines is 1. The highest BCUT2D eigenvalue weighted by Gasteiger charge is 2.21. The molecule has 0 radical (unpaired) electrons. The molecule has 1 aliphatic rings. The van der Waals surface area contributed by atoms with Crippen molar-refractivity contribution in [2.75, 3.05) is 11.9 Å². The van der Waals surface area contributed by atoms with E-state index in [1.54, 1.807) is 12.3 Å². The van der Waals surface area contributed by atoms with Crippen LogP contribution in [0.4, 0.5) is 5.69 Å². The first-order valence-electron chi connectivity index (χ1n) is 7.19. The van der Waals surface area contributed by atoms with Gasteiger partial charge in [-0.1, -0.05) is 19.8 Å². The van der Waals surface area contributed by atoms with Crippen LogP contribution in [0.15, 0.2) is 18.3 Å². The fourth-order valence-corrected chi connectivity index (χ4v) is 2.66. The maximum absolute atomic E-state index is 12.1. The van der Waals surface area contributed by atoms with E-state index in [1.165, 1.54) is 12.8 Å². The molecule has 1 aromatic rings. The minimum atomic E-state index is -0.0536. The third-order valence-corrected chi connectivity index (χ3v) is 3.65. The molecule has 1 fully saturated rings. The van der Waals surface area contributed by atoms with Gasteiger partial charge in [0.1, 0.15) is 5.69 Å². The Bertz CT molecular complexity index is 416. The van der Waals surface area contributed by atoms with Crippen LogP contribution < -0.4 is 10.6 Å². The van der Waals surface area contributed by atoms with Gasteiger partial charge in [-0.3, -0.25) is 4.79 Å². The van der Waals surface area contributed by atoms with E-state index in [-0.39, 0.29) is 5.91 Å². The second-order valence-electron chi connectivity index (χ2n) is 5.40. The molecule has 2 atom stereocenters. The van der Waals surface area contributed by atoms with Crippen LogP contribution in [0.25, 0.3) is 0 Å². The maximum atomic E-state index is 12.1. The van der Waals surface area contributed by atoms with Gasteiger partial charge in [0.25, 0.3) is 5.91 Å². The van der Waals surface area contributed by atoms with Crippen molar-refractivity contribution in [1.82, 2.24) is 10.3 Å². The summed E-state index contributed by atoms with van der Waals surface area (Å²) in [7, 11) is 0. The average molecular weight is 261 g/mol. The molecule has 1 aromatic heterocycles. The van der Waals surface area contributed by atoms with Crippen molar-refractivity contribution in [2.24, 2.45) is 5.92 Å². The number of carbonyl (C=O) groups excluding carboxylic acids is 1. The van der Waals surface area contributed by atoms with Gasteiger partial charge in [-0.25, -0.2) is 4.98 Å². The van der Waals surface area contributed by atoms with Crippen molar-refractivity contribution >= 4 is 11.6 Å². The highest BCUT2D eigenvalue weighted by atomic mass is 16.1. The zero-order valence-electron chi connectivity index (χ0n) is 11.8. The average Bonchev–Trinajstić information content (AvgIpc) is 2.40. The van der Waals surface area contributed by atoms with Crippen LogP contribution in [-0.2, 0) is 0 Å². The van der Waals surface area contributed by atoms with E-state index in [4.69, 9.17) is 0 Å². The highest BCUT2D eigenvalue weighted by molar-refractivity contribution is 5.92. The largest absolute Gasteiger partial charge is 0.384 e. The normalized spacial score (nSPS) is 22.8. The molecule has 0 bridgehead atoms. The van der Waals surface area contributed by atoms with E-state index >= 15 is 0 Å². The van der Waals surface area contributed by atoms with E-state index in [9.17, 15) is 4.79 Å². The Morgan fingerprint density at radius 2 is 2.26 bits per heavy atom. The van der Waals surface area contributed by atoms with Crippen molar-refractivity contribution in [1.29, 1.82) is 0 Å². The SMILES string of the molecule is CCNc1ccc(C(=O)NC2CCCC(C)C2)nc1. The summed E-state index contributed by atoms with van der Waals surface area (Å²) in [5.74, 6) is 0.658. The molecule has 104 valence electrons. The van der Waals surface area contributed by atoms with Crippen LogP contribution in [0, 0.1) is 5.92 Å². The molecule has 0 saturated heterocycles. The topological polar surface area (TPSA) is 54.0 Å².